The third kappa shape index (κ3) is 2.88. The van der Waals surface area contributed by atoms with E-state index >= 15 is 0 Å². The maximum Gasteiger partial charge on any atom is 0.223 e. The predicted octanol–water partition coefficient (Wildman–Crippen LogP) is 3.27. The molecule has 1 amide bonds. The average molecular weight is 312 g/mol. The number of benzene rings is 1. The van der Waals surface area contributed by atoms with Gasteiger partial charge in [-0.2, -0.15) is 0 Å². The van der Waals surface area contributed by atoms with Crippen LogP contribution in [0.2, 0.25) is 0 Å². The van der Waals surface area contributed by atoms with E-state index in [1.165, 1.54) is 23.8 Å². The molecule has 0 spiro atoms. The molecule has 1 aromatic carbocycles. The fraction of sp³-hybridized carbons (Fsp3) is 0.526. The number of aromatic amines is 1. The minimum Gasteiger partial charge on any atom is -0.374 e. The molecule has 1 N–H and O–H groups in total. The van der Waals surface area contributed by atoms with Gasteiger partial charge in [0.15, 0.2) is 0 Å². The molecule has 2 heterocycles. The molecule has 2 aliphatic rings. The average Bonchev–Trinajstić information content (AvgIpc) is 3.02. The van der Waals surface area contributed by atoms with Crippen molar-refractivity contribution in [3.8, 4) is 0 Å². The van der Waals surface area contributed by atoms with Gasteiger partial charge in [0.25, 0.3) is 0 Å². The van der Waals surface area contributed by atoms with E-state index in [4.69, 9.17) is 4.74 Å². The number of rotatable bonds is 3. The first-order valence-corrected chi connectivity index (χ1v) is 8.79. The van der Waals surface area contributed by atoms with Crippen molar-refractivity contribution in [3.63, 3.8) is 0 Å². The van der Waals surface area contributed by atoms with Crippen LogP contribution in [0.1, 0.15) is 37.7 Å². The van der Waals surface area contributed by atoms with Gasteiger partial charge in [-0.25, -0.2) is 0 Å². The van der Waals surface area contributed by atoms with Crippen molar-refractivity contribution in [3.05, 3.63) is 36.0 Å². The zero-order valence-corrected chi connectivity index (χ0v) is 13.5. The zero-order chi connectivity index (χ0) is 15.6. The lowest BCUT2D eigenvalue weighted by atomic mass is 9.90. The number of nitrogens with one attached hydrogen (secondary N) is 1. The van der Waals surface area contributed by atoms with Gasteiger partial charge in [-0.1, -0.05) is 31.0 Å². The number of amides is 1. The molecule has 4 heteroatoms. The van der Waals surface area contributed by atoms with Crippen LogP contribution in [0, 0.1) is 0 Å². The van der Waals surface area contributed by atoms with E-state index in [2.05, 4.69) is 28.1 Å². The highest BCUT2D eigenvalue weighted by Crippen LogP contribution is 2.29. The van der Waals surface area contributed by atoms with Crippen LogP contribution in [0.15, 0.2) is 30.5 Å². The Balaban J connectivity index is 1.43. The highest BCUT2D eigenvalue weighted by atomic mass is 16.5. The molecule has 0 bridgehead atoms. The number of H-pyrrole nitrogens is 1. The quantitative estimate of drug-likeness (QED) is 0.945. The van der Waals surface area contributed by atoms with E-state index < -0.39 is 0 Å². The predicted molar refractivity (Wildman–Crippen MR) is 90.3 cm³/mol. The van der Waals surface area contributed by atoms with Crippen molar-refractivity contribution in [2.75, 3.05) is 13.2 Å². The SMILES string of the molecule is O=C(CCc1c[nH]c2ccccc12)N1CCO[C@H]2CCCC[C@H]21. The molecule has 23 heavy (non-hydrogen) atoms. The normalized spacial score (nSPS) is 24.6. The first-order chi connectivity index (χ1) is 11.3. The summed E-state index contributed by atoms with van der Waals surface area (Å²) in [5, 5.41) is 1.23. The summed E-state index contributed by atoms with van der Waals surface area (Å²) >= 11 is 0. The van der Waals surface area contributed by atoms with Gasteiger partial charge in [-0.3, -0.25) is 4.79 Å². The van der Waals surface area contributed by atoms with E-state index in [0.29, 0.717) is 19.1 Å². The molecule has 2 fully saturated rings. The van der Waals surface area contributed by atoms with Gasteiger partial charge in [0.1, 0.15) is 0 Å². The fourth-order valence-corrected chi connectivity index (χ4v) is 4.13. The minimum absolute atomic E-state index is 0.273. The van der Waals surface area contributed by atoms with E-state index in [0.717, 1.165) is 31.3 Å². The molecule has 2 aromatic rings. The highest BCUT2D eigenvalue weighted by molar-refractivity contribution is 5.84. The van der Waals surface area contributed by atoms with Gasteiger partial charge < -0.3 is 14.6 Å². The summed E-state index contributed by atoms with van der Waals surface area (Å²) in [6.07, 6.45) is 8.37. The summed E-state index contributed by atoms with van der Waals surface area (Å²) in [4.78, 5) is 18.1. The topological polar surface area (TPSA) is 45.3 Å². The molecule has 2 atom stereocenters. The van der Waals surface area contributed by atoms with Crippen LogP contribution in [0.4, 0.5) is 0 Å². The third-order valence-corrected chi connectivity index (χ3v) is 5.34. The smallest absolute Gasteiger partial charge is 0.223 e. The summed E-state index contributed by atoms with van der Waals surface area (Å²) in [6, 6.07) is 8.60. The third-order valence-electron chi connectivity index (χ3n) is 5.34. The standard InChI is InChI=1S/C19H24N2O2/c22-19(21-11-12-23-18-8-4-3-7-17(18)21)10-9-14-13-20-16-6-2-1-5-15(14)16/h1-2,5-6,13,17-18,20H,3-4,7-12H2/t17-,18+/m1/s1. The van der Waals surface area contributed by atoms with Crippen LogP contribution in [0.5, 0.6) is 0 Å². The number of aryl methyl sites for hydroxylation is 1. The van der Waals surface area contributed by atoms with Crippen LogP contribution < -0.4 is 0 Å². The molecule has 4 rings (SSSR count). The van der Waals surface area contributed by atoms with Gasteiger partial charge in [0, 0.05) is 30.1 Å². The molecule has 1 aliphatic heterocycles. The molecule has 1 aliphatic carbocycles. The molecule has 1 aromatic heterocycles. The molecular weight excluding hydrogens is 288 g/mol. The van der Waals surface area contributed by atoms with Crippen molar-refractivity contribution >= 4 is 16.8 Å². The van der Waals surface area contributed by atoms with Crippen LogP contribution in [0.3, 0.4) is 0 Å². The summed E-state index contributed by atoms with van der Waals surface area (Å²) in [7, 11) is 0. The first-order valence-electron chi connectivity index (χ1n) is 8.79. The Morgan fingerprint density at radius 2 is 2.13 bits per heavy atom. The van der Waals surface area contributed by atoms with Crippen molar-refractivity contribution in [1.82, 2.24) is 9.88 Å². The van der Waals surface area contributed by atoms with Gasteiger partial charge in [-0.15, -0.1) is 0 Å². The van der Waals surface area contributed by atoms with E-state index in [9.17, 15) is 4.79 Å². The molecule has 0 radical (unpaired) electrons. The highest BCUT2D eigenvalue weighted by Gasteiger charge is 2.36. The van der Waals surface area contributed by atoms with Crippen LogP contribution in [-0.2, 0) is 16.0 Å². The lowest BCUT2D eigenvalue weighted by Crippen LogP contribution is -2.54. The monoisotopic (exact) mass is 312 g/mol. The summed E-state index contributed by atoms with van der Waals surface area (Å²) < 4.78 is 5.87. The second-order valence-corrected chi connectivity index (χ2v) is 6.71. The number of fused-ring (bicyclic) bond motifs is 2. The lowest BCUT2D eigenvalue weighted by Gasteiger charge is -2.43. The van der Waals surface area contributed by atoms with Crippen LogP contribution in [0.25, 0.3) is 10.9 Å². The molecule has 0 unspecified atom stereocenters. The Bertz CT molecular complexity index is 691. The summed E-state index contributed by atoms with van der Waals surface area (Å²) in [6.45, 7) is 1.45. The Morgan fingerprint density at radius 1 is 1.26 bits per heavy atom. The van der Waals surface area contributed by atoms with E-state index in [-0.39, 0.29) is 12.0 Å². The van der Waals surface area contributed by atoms with E-state index in [1.807, 2.05) is 12.3 Å². The zero-order valence-electron chi connectivity index (χ0n) is 13.5. The minimum atomic E-state index is 0.273. The fourth-order valence-electron chi connectivity index (χ4n) is 4.13. The van der Waals surface area contributed by atoms with Gasteiger partial charge in [0.05, 0.1) is 18.8 Å². The second-order valence-electron chi connectivity index (χ2n) is 6.71. The lowest BCUT2D eigenvalue weighted by molar-refractivity contribution is -0.149. The van der Waals surface area contributed by atoms with Crippen LogP contribution in [-0.4, -0.2) is 41.1 Å². The van der Waals surface area contributed by atoms with Gasteiger partial charge >= 0.3 is 0 Å². The number of carbonyl (C=O) groups excluding carboxylic acids is 1. The van der Waals surface area contributed by atoms with Gasteiger partial charge in [0.2, 0.25) is 5.91 Å². The van der Waals surface area contributed by atoms with Crippen molar-refractivity contribution < 1.29 is 9.53 Å². The number of carbonyl (C=O) groups is 1. The Morgan fingerprint density at radius 3 is 3.09 bits per heavy atom. The number of aromatic nitrogens is 1. The van der Waals surface area contributed by atoms with Crippen molar-refractivity contribution in [1.29, 1.82) is 0 Å². The number of para-hydroxylation sites is 1. The summed E-state index contributed by atoms with van der Waals surface area (Å²) in [5.74, 6) is 0.287. The number of ether oxygens (including phenoxy) is 1. The molecule has 4 nitrogen and oxygen atoms in total. The Hall–Kier alpha value is -1.81. The van der Waals surface area contributed by atoms with Crippen molar-refractivity contribution in [2.24, 2.45) is 0 Å². The number of hydrogen-bond donors (Lipinski definition) is 1. The molecule has 1 saturated carbocycles. The largest absolute Gasteiger partial charge is 0.374 e. The number of hydrogen-bond acceptors (Lipinski definition) is 2. The second kappa shape index (κ2) is 6.36. The molecular formula is C19H24N2O2. The number of morpholine rings is 1. The Kier molecular flexibility index (Phi) is 4.08. The maximum atomic E-state index is 12.7. The first kappa shape index (κ1) is 14.8. The summed E-state index contributed by atoms with van der Waals surface area (Å²) in [5.41, 5.74) is 2.39. The Labute approximate surface area is 136 Å². The maximum absolute atomic E-state index is 12.7. The molecule has 122 valence electrons. The van der Waals surface area contributed by atoms with Gasteiger partial charge in [-0.05, 0) is 30.9 Å². The number of nitrogens with zero attached hydrogens (tertiary/aromatic N) is 1. The van der Waals surface area contributed by atoms with Crippen molar-refractivity contribution in [2.45, 2.75) is 50.7 Å². The van der Waals surface area contributed by atoms with Crippen LogP contribution >= 0.6 is 0 Å². The molecule has 1 saturated heterocycles. The van der Waals surface area contributed by atoms with E-state index in [1.54, 1.807) is 0 Å².